The first-order chi connectivity index (χ1) is 9.28. The Hall–Kier alpha value is -1.55. The molecule has 0 spiro atoms. The number of hydrogen-bond acceptors (Lipinski definition) is 3. The van der Waals surface area contributed by atoms with Gasteiger partial charge >= 0.3 is 0 Å². The average molecular weight is 306 g/mol. The summed E-state index contributed by atoms with van der Waals surface area (Å²) in [6.45, 7) is 0. The van der Waals surface area contributed by atoms with Gasteiger partial charge in [-0.3, -0.25) is 0 Å². The highest BCUT2D eigenvalue weighted by atomic mass is 35.5. The van der Waals surface area contributed by atoms with Gasteiger partial charge in [0.05, 0.1) is 13.2 Å². The van der Waals surface area contributed by atoms with Gasteiger partial charge in [0, 0.05) is 4.88 Å². The van der Waals surface area contributed by atoms with E-state index in [2.05, 4.69) is 35.7 Å². The molecular formula is C16H16ClNOS. The Bertz CT molecular complexity index is 697. The molecule has 3 aromatic rings. The Balaban J connectivity index is 0.00000147. The molecule has 1 aromatic heterocycles. The molecule has 0 amide bonds. The van der Waals surface area contributed by atoms with E-state index in [0.717, 1.165) is 11.3 Å². The Morgan fingerprint density at radius 1 is 1.05 bits per heavy atom. The van der Waals surface area contributed by atoms with Crippen LogP contribution in [0.3, 0.4) is 0 Å². The molecule has 2 nitrogen and oxygen atoms in total. The maximum absolute atomic E-state index is 6.29. The molecule has 0 unspecified atom stereocenters. The maximum atomic E-state index is 6.29. The first-order valence-electron chi connectivity index (χ1n) is 6.14. The largest absolute Gasteiger partial charge is 0.497 e. The molecule has 0 saturated carbocycles. The second-order valence-corrected chi connectivity index (χ2v) is 5.44. The Labute approximate surface area is 128 Å². The van der Waals surface area contributed by atoms with Crippen LogP contribution in [0.5, 0.6) is 5.75 Å². The summed E-state index contributed by atoms with van der Waals surface area (Å²) in [6.07, 6.45) is 0. The van der Waals surface area contributed by atoms with E-state index in [4.69, 9.17) is 10.5 Å². The highest BCUT2D eigenvalue weighted by Crippen LogP contribution is 2.28. The molecule has 0 aliphatic heterocycles. The quantitative estimate of drug-likeness (QED) is 0.779. The predicted molar refractivity (Wildman–Crippen MR) is 88.1 cm³/mol. The second-order valence-electron chi connectivity index (χ2n) is 4.47. The van der Waals surface area contributed by atoms with Gasteiger partial charge in [-0.25, -0.2) is 0 Å². The molecule has 0 saturated heterocycles. The van der Waals surface area contributed by atoms with Crippen LogP contribution in [0.1, 0.15) is 16.5 Å². The molecule has 0 fully saturated rings. The van der Waals surface area contributed by atoms with Crippen molar-refractivity contribution in [3.8, 4) is 5.75 Å². The molecule has 20 heavy (non-hydrogen) atoms. The minimum Gasteiger partial charge on any atom is -0.497 e. The van der Waals surface area contributed by atoms with Crippen molar-refractivity contribution in [2.75, 3.05) is 7.11 Å². The lowest BCUT2D eigenvalue weighted by molar-refractivity contribution is 0.415. The standard InChI is InChI=1S/C16H15NOS.ClH/c1-18-14-7-6-11-9-13(5-4-12(11)10-14)16(17)15-3-2-8-19-15;/h2-10,16H,17H2,1H3;1H/t16-;/m1./s1. The highest BCUT2D eigenvalue weighted by molar-refractivity contribution is 7.10. The van der Waals surface area contributed by atoms with E-state index in [1.165, 1.54) is 15.6 Å². The van der Waals surface area contributed by atoms with Gasteiger partial charge in [0.15, 0.2) is 0 Å². The minimum atomic E-state index is -0.0495. The number of nitrogens with two attached hydrogens (primary N) is 1. The predicted octanol–water partition coefficient (Wildman–Crippen LogP) is 4.38. The Morgan fingerprint density at radius 2 is 1.80 bits per heavy atom. The van der Waals surface area contributed by atoms with Gasteiger partial charge in [0.25, 0.3) is 0 Å². The van der Waals surface area contributed by atoms with Crippen molar-refractivity contribution in [2.45, 2.75) is 6.04 Å². The lowest BCUT2D eigenvalue weighted by Gasteiger charge is -2.11. The summed E-state index contributed by atoms with van der Waals surface area (Å²) in [4.78, 5) is 1.19. The normalized spacial score (nSPS) is 11.9. The molecule has 2 aromatic carbocycles. The van der Waals surface area contributed by atoms with Gasteiger partial charge in [-0.1, -0.05) is 24.3 Å². The summed E-state index contributed by atoms with van der Waals surface area (Å²) in [6, 6.07) is 16.5. The van der Waals surface area contributed by atoms with Crippen molar-refractivity contribution in [2.24, 2.45) is 5.73 Å². The van der Waals surface area contributed by atoms with Crippen LogP contribution in [0.2, 0.25) is 0 Å². The summed E-state index contributed by atoms with van der Waals surface area (Å²) in [5, 5.41) is 4.41. The van der Waals surface area contributed by atoms with E-state index in [9.17, 15) is 0 Å². The molecule has 2 N–H and O–H groups in total. The zero-order chi connectivity index (χ0) is 13.2. The van der Waals surface area contributed by atoms with Crippen LogP contribution in [-0.2, 0) is 0 Å². The summed E-state index contributed by atoms with van der Waals surface area (Å²) in [5.74, 6) is 0.878. The number of halogens is 1. The van der Waals surface area contributed by atoms with Crippen molar-refractivity contribution in [3.05, 3.63) is 64.4 Å². The van der Waals surface area contributed by atoms with E-state index in [1.807, 2.05) is 18.2 Å². The average Bonchev–Trinajstić information content (AvgIpc) is 2.99. The zero-order valence-electron chi connectivity index (χ0n) is 11.1. The van der Waals surface area contributed by atoms with Crippen molar-refractivity contribution in [1.82, 2.24) is 0 Å². The molecule has 1 heterocycles. The molecular weight excluding hydrogens is 290 g/mol. The molecule has 1 atom stereocenters. The number of benzene rings is 2. The van der Waals surface area contributed by atoms with Crippen LogP contribution in [0, 0.1) is 0 Å². The second kappa shape index (κ2) is 6.27. The van der Waals surface area contributed by atoms with Crippen molar-refractivity contribution < 1.29 is 4.74 Å². The van der Waals surface area contributed by atoms with Crippen LogP contribution < -0.4 is 10.5 Å². The van der Waals surface area contributed by atoms with E-state index in [-0.39, 0.29) is 18.4 Å². The third kappa shape index (κ3) is 2.80. The third-order valence-corrected chi connectivity index (χ3v) is 4.24. The molecule has 0 radical (unpaired) electrons. The fraction of sp³-hybridized carbons (Fsp3) is 0.125. The number of ether oxygens (including phenoxy) is 1. The number of thiophene rings is 1. The van der Waals surface area contributed by atoms with Crippen LogP contribution in [-0.4, -0.2) is 7.11 Å². The molecule has 0 aliphatic carbocycles. The monoisotopic (exact) mass is 305 g/mol. The topological polar surface area (TPSA) is 35.2 Å². The maximum Gasteiger partial charge on any atom is 0.119 e. The van der Waals surface area contributed by atoms with Crippen molar-refractivity contribution in [1.29, 1.82) is 0 Å². The van der Waals surface area contributed by atoms with E-state index >= 15 is 0 Å². The first-order valence-corrected chi connectivity index (χ1v) is 7.02. The van der Waals surface area contributed by atoms with Gasteiger partial charge in [-0.15, -0.1) is 23.7 Å². The van der Waals surface area contributed by atoms with Gasteiger partial charge in [-0.05, 0) is 46.0 Å². The van der Waals surface area contributed by atoms with Gasteiger partial charge in [0.1, 0.15) is 5.75 Å². The summed E-state index contributed by atoms with van der Waals surface area (Å²) in [7, 11) is 1.68. The smallest absolute Gasteiger partial charge is 0.119 e. The molecule has 4 heteroatoms. The van der Waals surface area contributed by atoms with Crippen LogP contribution in [0.25, 0.3) is 10.8 Å². The van der Waals surface area contributed by atoms with Crippen LogP contribution in [0.15, 0.2) is 53.9 Å². The van der Waals surface area contributed by atoms with E-state index in [1.54, 1.807) is 18.4 Å². The summed E-state index contributed by atoms with van der Waals surface area (Å²) >= 11 is 1.69. The molecule has 0 bridgehead atoms. The Kier molecular flexibility index (Phi) is 4.65. The fourth-order valence-corrected chi connectivity index (χ4v) is 2.95. The van der Waals surface area contributed by atoms with Gasteiger partial charge in [-0.2, -0.15) is 0 Å². The van der Waals surface area contributed by atoms with Crippen molar-refractivity contribution >= 4 is 34.5 Å². The Morgan fingerprint density at radius 3 is 2.50 bits per heavy atom. The lowest BCUT2D eigenvalue weighted by atomic mass is 10.0. The molecule has 104 valence electrons. The number of methoxy groups -OCH3 is 1. The van der Waals surface area contributed by atoms with Crippen LogP contribution >= 0.6 is 23.7 Å². The SMILES string of the molecule is COc1ccc2cc([C@@H](N)c3cccs3)ccc2c1.Cl. The summed E-state index contributed by atoms with van der Waals surface area (Å²) in [5.41, 5.74) is 7.43. The first kappa shape index (κ1) is 14.9. The van der Waals surface area contributed by atoms with E-state index in [0.29, 0.717) is 0 Å². The third-order valence-electron chi connectivity index (χ3n) is 3.28. The lowest BCUT2D eigenvalue weighted by Crippen LogP contribution is -2.09. The van der Waals surface area contributed by atoms with Gasteiger partial charge in [0.2, 0.25) is 0 Å². The van der Waals surface area contributed by atoms with Crippen LogP contribution in [0.4, 0.5) is 0 Å². The zero-order valence-corrected chi connectivity index (χ0v) is 12.7. The number of rotatable bonds is 3. The van der Waals surface area contributed by atoms with Crippen molar-refractivity contribution in [3.63, 3.8) is 0 Å². The molecule has 0 aliphatic rings. The minimum absolute atomic E-state index is 0. The van der Waals surface area contributed by atoms with Gasteiger partial charge < -0.3 is 10.5 Å². The highest BCUT2D eigenvalue weighted by Gasteiger charge is 2.10. The number of fused-ring (bicyclic) bond motifs is 1. The number of hydrogen-bond donors (Lipinski definition) is 1. The summed E-state index contributed by atoms with van der Waals surface area (Å²) < 4.78 is 5.24. The fourth-order valence-electron chi connectivity index (χ4n) is 2.20. The van der Waals surface area contributed by atoms with E-state index < -0.39 is 0 Å². The molecule has 3 rings (SSSR count).